The van der Waals surface area contributed by atoms with E-state index in [0.29, 0.717) is 0 Å². The maximum atomic E-state index is 12.0. The summed E-state index contributed by atoms with van der Waals surface area (Å²) in [6.45, 7) is 7.14. The van der Waals surface area contributed by atoms with Gasteiger partial charge in [0.25, 0.3) is 5.56 Å². The molecule has 3 nitrogen and oxygen atoms in total. The standard InChI is InChI=1S/C16H22N2O/c1-4-6-11-18-15(14(5-2)16(19)17-18)13-9-7-12(3)8-10-13/h7-10H,4-6,11H2,1-3H3,(H,17,19). The fraction of sp³-hybridized carbons (Fsp3) is 0.438. The second-order valence-corrected chi connectivity index (χ2v) is 4.99. The van der Waals surface area contributed by atoms with Gasteiger partial charge in [-0.15, -0.1) is 0 Å². The first-order valence-corrected chi connectivity index (χ1v) is 7.06. The Labute approximate surface area is 114 Å². The van der Waals surface area contributed by atoms with E-state index in [2.05, 4.69) is 43.2 Å². The summed E-state index contributed by atoms with van der Waals surface area (Å²) >= 11 is 0. The first-order valence-electron chi connectivity index (χ1n) is 7.06. The van der Waals surface area contributed by atoms with Gasteiger partial charge < -0.3 is 0 Å². The Bertz CT molecular complexity index is 590. The number of nitrogens with one attached hydrogen (secondary N) is 1. The van der Waals surface area contributed by atoms with Crippen molar-refractivity contribution in [2.45, 2.75) is 46.6 Å². The average Bonchev–Trinajstić information content (AvgIpc) is 2.73. The topological polar surface area (TPSA) is 37.8 Å². The Morgan fingerprint density at radius 2 is 1.84 bits per heavy atom. The van der Waals surface area contributed by atoms with Crippen molar-refractivity contribution < 1.29 is 0 Å². The molecule has 2 aromatic rings. The normalized spacial score (nSPS) is 10.9. The second-order valence-electron chi connectivity index (χ2n) is 4.99. The number of aromatic amines is 1. The van der Waals surface area contributed by atoms with Crippen molar-refractivity contribution in [2.75, 3.05) is 0 Å². The monoisotopic (exact) mass is 258 g/mol. The minimum Gasteiger partial charge on any atom is -0.284 e. The molecule has 102 valence electrons. The predicted octanol–water partition coefficient (Wildman–Crippen LogP) is 3.51. The van der Waals surface area contributed by atoms with Gasteiger partial charge in [0.15, 0.2) is 0 Å². The minimum absolute atomic E-state index is 0.0502. The largest absolute Gasteiger partial charge is 0.284 e. The first kappa shape index (κ1) is 13.7. The van der Waals surface area contributed by atoms with Crippen LogP contribution in [0.2, 0.25) is 0 Å². The zero-order chi connectivity index (χ0) is 13.8. The molecule has 0 amide bonds. The van der Waals surface area contributed by atoms with Crippen LogP contribution in [0.15, 0.2) is 29.1 Å². The van der Waals surface area contributed by atoms with Crippen LogP contribution in [0.1, 0.15) is 37.8 Å². The summed E-state index contributed by atoms with van der Waals surface area (Å²) in [4.78, 5) is 12.0. The average molecular weight is 258 g/mol. The van der Waals surface area contributed by atoms with Gasteiger partial charge in [0, 0.05) is 17.7 Å². The minimum atomic E-state index is 0.0502. The molecular formula is C16H22N2O. The maximum absolute atomic E-state index is 12.0. The molecule has 1 aromatic carbocycles. The second kappa shape index (κ2) is 5.91. The van der Waals surface area contributed by atoms with Gasteiger partial charge in [-0.05, 0) is 19.8 Å². The van der Waals surface area contributed by atoms with Crippen LogP contribution in [-0.2, 0) is 13.0 Å². The Morgan fingerprint density at radius 1 is 1.16 bits per heavy atom. The summed E-state index contributed by atoms with van der Waals surface area (Å²) in [6, 6.07) is 8.38. The lowest BCUT2D eigenvalue weighted by Crippen LogP contribution is -2.07. The third kappa shape index (κ3) is 2.80. The molecule has 0 radical (unpaired) electrons. The summed E-state index contributed by atoms with van der Waals surface area (Å²) < 4.78 is 2.01. The van der Waals surface area contributed by atoms with Crippen molar-refractivity contribution in [1.82, 2.24) is 9.78 Å². The zero-order valence-electron chi connectivity index (χ0n) is 12.0. The highest BCUT2D eigenvalue weighted by Gasteiger charge is 2.14. The molecule has 1 aromatic heterocycles. The molecule has 1 N–H and O–H groups in total. The fourth-order valence-corrected chi connectivity index (χ4v) is 2.37. The number of aromatic nitrogens is 2. The SMILES string of the molecule is CCCCn1[nH]c(=O)c(CC)c1-c1ccc(C)cc1. The molecule has 0 bridgehead atoms. The third-order valence-corrected chi connectivity index (χ3v) is 3.48. The number of hydrogen-bond acceptors (Lipinski definition) is 1. The highest BCUT2D eigenvalue weighted by atomic mass is 16.1. The highest BCUT2D eigenvalue weighted by Crippen LogP contribution is 2.23. The van der Waals surface area contributed by atoms with Crippen LogP contribution in [0.3, 0.4) is 0 Å². The number of unbranched alkanes of at least 4 members (excludes halogenated alkanes) is 1. The molecule has 0 fully saturated rings. The Morgan fingerprint density at radius 3 is 2.42 bits per heavy atom. The summed E-state index contributed by atoms with van der Waals surface area (Å²) in [6.07, 6.45) is 2.96. The molecule has 0 spiro atoms. The summed E-state index contributed by atoms with van der Waals surface area (Å²) in [5.74, 6) is 0. The van der Waals surface area contributed by atoms with Gasteiger partial charge in [0.05, 0.1) is 5.69 Å². The fourth-order valence-electron chi connectivity index (χ4n) is 2.37. The molecule has 3 heteroatoms. The number of benzene rings is 1. The summed E-state index contributed by atoms with van der Waals surface area (Å²) in [5.41, 5.74) is 4.35. The van der Waals surface area contributed by atoms with E-state index >= 15 is 0 Å². The molecular weight excluding hydrogens is 236 g/mol. The van der Waals surface area contributed by atoms with E-state index in [1.165, 1.54) is 5.56 Å². The van der Waals surface area contributed by atoms with Crippen molar-refractivity contribution in [2.24, 2.45) is 0 Å². The predicted molar refractivity (Wildman–Crippen MR) is 79.5 cm³/mol. The molecule has 0 saturated heterocycles. The maximum Gasteiger partial charge on any atom is 0.267 e. The van der Waals surface area contributed by atoms with E-state index < -0.39 is 0 Å². The lowest BCUT2D eigenvalue weighted by Gasteiger charge is -2.10. The quantitative estimate of drug-likeness (QED) is 0.875. The van der Waals surface area contributed by atoms with E-state index in [0.717, 1.165) is 42.6 Å². The van der Waals surface area contributed by atoms with Crippen molar-refractivity contribution >= 4 is 0 Å². The molecule has 0 atom stereocenters. The van der Waals surface area contributed by atoms with Crippen molar-refractivity contribution in [3.05, 3.63) is 45.7 Å². The van der Waals surface area contributed by atoms with Crippen molar-refractivity contribution in [3.8, 4) is 11.3 Å². The molecule has 0 aliphatic heterocycles. The molecule has 19 heavy (non-hydrogen) atoms. The van der Waals surface area contributed by atoms with E-state index in [4.69, 9.17) is 0 Å². The van der Waals surface area contributed by atoms with E-state index in [1.54, 1.807) is 0 Å². The van der Waals surface area contributed by atoms with Crippen LogP contribution in [0.25, 0.3) is 11.3 Å². The lowest BCUT2D eigenvalue weighted by atomic mass is 10.0. The van der Waals surface area contributed by atoms with Crippen molar-refractivity contribution in [1.29, 1.82) is 0 Å². The van der Waals surface area contributed by atoms with Crippen LogP contribution in [-0.4, -0.2) is 9.78 Å². The Balaban J connectivity index is 2.52. The number of hydrogen-bond donors (Lipinski definition) is 1. The Hall–Kier alpha value is -1.77. The van der Waals surface area contributed by atoms with Crippen LogP contribution in [0.5, 0.6) is 0 Å². The van der Waals surface area contributed by atoms with Gasteiger partial charge in [-0.2, -0.15) is 0 Å². The smallest absolute Gasteiger partial charge is 0.267 e. The van der Waals surface area contributed by atoms with Crippen LogP contribution < -0.4 is 5.56 Å². The molecule has 0 unspecified atom stereocenters. The van der Waals surface area contributed by atoms with E-state index in [-0.39, 0.29) is 5.56 Å². The van der Waals surface area contributed by atoms with Gasteiger partial charge in [-0.3, -0.25) is 14.6 Å². The molecule has 2 rings (SSSR count). The molecule has 0 saturated carbocycles. The number of rotatable bonds is 5. The lowest BCUT2D eigenvalue weighted by molar-refractivity contribution is 0.573. The zero-order valence-corrected chi connectivity index (χ0v) is 12.0. The van der Waals surface area contributed by atoms with Crippen LogP contribution in [0, 0.1) is 6.92 Å². The third-order valence-electron chi connectivity index (χ3n) is 3.48. The highest BCUT2D eigenvalue weighted by molar-refractivity contribution is 5.63. The van der Waals surface area contributed by atoms with Gasteiger partial charge in [-0.25, -0.2) is 0 Å². The summed E-state index contributed by atoms with van der Waals surface area (Å²) in [7, 11) is 0. The van der Waals surface area contributed by atoms with Crippen molar-refractivity contribution in [3.63, 3.8) is 0 Å². The van der Waals surface area contributed by atoms with Crippen LogP contribution >= 0.6 is 0 Å². The number of nitrogens with zero attached hydrogens (tertiary/aromatic N) is 1. The van der Waals surface area contributed by atoms with E-state index in [1.807, 2.05) is 11.6 Å². The first-order chi connectivity index (χ1) is 9.17. The molecule has 0 aliphatic carbocycles. The number of H-pyrrole nitrogens is 1. The van der Waals surface area contributed by atoms with Crippen LogP contribution in [0.4, 0.5) is 0 Å². The number of aryl methyl sites for hydroxylation is 2. The van der Waals surface area contributed by atoms with E-state index in [9.17, 15) is 4.79 Å². The molecule has 1 heterocycles. The van der Waals surface area contributed by atoms with Gasteiger partial charge in [-0.1, -0.05) is 50.1 Å². The van der Waals surface area contributed by atoms with Gasteiger partial charge in [0.2, 0.25) is 0 Å². The molecule has 0 aliphatic rings. The Kier molecular flexibility index (Phi) is 4.25. The van der Waals surface area contributed by atoms with Gasteiger partial charge >= 0.3 is 0 Å². The summed E-state index contributed by atoms with van der Waals surface area (Å²) in [5, 5.41) is 2.97. The van der Waals surface area contributed by atoms with Gasteiger partial charge in [0.1, 0.15) is 0 Å².